The summed E-state index contributed by atoms with van der Waals surface area (Å²) in [5, 5.41) is 5.89. The molecule has 0 unspecified atom stereocenters. The van der Waals surface area contributed by atoms with E-state index in [0.29, 0.717) is 16.6 Å². The Kier molecular flexibility index (Phi) is 5.47. The van der Waals surface area contributed by atoms with Gasteiger partial charge in [0.15, 0.2) is 0 Å². The molecule has 0 atom stereocenters. The van der Waals surface area contributed by atoms with E-state index in [9.17, 15) is 4.79 Å². The predicted octanol–water partition coefficient (Wildman–Crippen LogP) is 6.63. The van der Waals surface area contributed by atoms with Crippen LogP contribution in [0.5, 0.6) is 5.75 Å². The van der Waals surface area contributed by atoms with Crippen molar-refractivity contribution in [1.29, 1.82) is 0 Å². The van der Waals surface area contributed by atoms with Crippen LogP contribution in [0.1, 0.15) is 30.5 Å². The number of ether oxygens (including phenoxy) is 1. The van der Waals surface area contributed by atoms with E-state index in [1.54, 1.807) is 5.01 Å². The van der Waals surface area contributed by atoms with Crippen LogP contribution >= 0.6 is 23.2 Å². The molecule has 2 heterocycles. The van der Waals surface area contributed by atoms with Gasteiger partial charge < -0.3 is 10.1 Å². The summed E-state index contributed by atoms with van der Waals surface area (Å²) in [6.07, 6.45) is 0.803. The molecule has 2 aliphatic heterocycles. The lowest BCUT2D eigenvalue weighted by atomic mass is 10.0. The standard InChI is InChI=1S/C26H23Cl2N3O2/c1-26(2)14-18-13-21(11-12-23(18)33-26)29-25(32)31-15-22(16-3-7-19(27)8-4-16)24(30-31)17-5-9-20(28)10-6-17/h3-13,30H,14-15H2,1-2H3,(H,29,32). The van der Waals surface area contributed by atoms with Gasteiger partial charge in [0.1, 0.15) is 11.4 Å². The van der Waals surface area contributed by atoms with E-state index in [-0.39, 0.29) is 11.6 Å². The van der Waals surface area contributed by atoms with Gasteiger partial charge in [0.25, 0.3) is 0 Å². The first-order valence-corrected chi connectivity index (χ1v) is 11.5. The van der Waals surface area contributed by atoms with Crippen LogP contribution in [0.25, 0.3) is 11.3 Å². The lowest BCUT2D eigenvalue weighted by Crippen LogP contribution is -2.40. The summed E-state index contributed by atoms with van der Waals surface area (Å²) in [7, 11) is 0. The summed E-state index contributed by atoms with van der Waals surface area (Å²) in [6, 6.07) is 20.7. The van der Waals surface area contributed by atoms with Gasteiger partial charge in [-0.3, -0.25) is 5.43 Å². The SMILES string of the molecule is CC1(C)Cc2cc(NC(=O)N3CC(c4ccc(Cl)cc4)=C(c4ccc(Cl)cc4)N3)ccc2O1. The minimum absolute atomic E-state index is 0.230. The molecule has 0 bridgehead atoms. The van der Waals surface area contributed by atoms with Crippen molar-refractivity contribution in [1.82, 2.24) is 10.4 Å². The maximum atomic E-state index is 13.2. The van der Waals surface area contributed by atoms with Crippen LogP contribution in [0.3, 0.4) is 0 Å². The molecule has 5 rings (SSSR count). The van der Waals surface area contributed by atoms with E-state index >= 15 is 0 Å². The molecule has 168 valence electrons. The van der Waals surface area contributed by atoms with Gasteiger partial charge in [-0.1, -0.05) is 47.5 Å². The van der Waals surface area contributed by atoms with Gasteiger partial charge in [0, 0.05) is 33.3 Å². The predicted molar refractivity (Wildman–Crippen MR) is 133 cm³/mol. The zero-order valence-corrected chi connectivity index (χ0v) is 19.8. The maximum absolute atomic E-state index is 13.2. The summed E-state index contributed by atoms with van der Waals surface area (Å²) in [5.41, 5.74) is 8.65. The first-order valence-electron chi connectivity index (χ1n) is 10.7. The van der Waals surface area contributed by atoms with E-state index in [4.69, 9.17) is 27.9 Å². The number of hydrogen-bond donors (Lipinski definition) is 2. The molecular formula is C26H23Cl2N3O2. The minimum Gasteiger partial charge on any atom is -0.487 e. The minimum atomic E-state index is -0.247. The Morgan fingerprint density at radius 2 is 1.61 bits per heavy atom. The number of hydrazine groups is 1. The Bertz CT molecular complexity index is 1190. The van der Waals surface area contributed by atoms with Crippen LogP contribution in [-0.2, 0) is 6.42 Å². The molecule has 0 radical (unpaired) electrons. The van der Waals surface area contributed by atoms with E-state index in [1.807, 2.05) is 66.7 Å². The van der Waals surface area contributed by atoms with Gasteiger partial charge in [0.2, 0.25) is 0 Å². The molecule has 33 heavy (non-hydrogen) atoms. The van der Waals surface area contributed by atoms with Crippen LogP contribution in [0, 0.1) is 0 Å². The van der Waals surface area contributed by atoms with Gasteiger partial charge in [-0.25, -0.2) is 9.80 Å². The number of fused-ring (bicyclic) bond motifs is 1. The highest BCUT2D eigenvalue weighted by Gasteiger charge is 2.31. The molecule has 0 aromatic heterocycles. The zero-order chi connectivity index (χ0) is 23.2. The molecule has 2 N–H and O–H groups in total. The van der Waals surface area contributed by atoms with Crippen molar-refractivity contribution in [3.8, 4) is 5.75 Å². The number of carbonyl (C=O) groups excluding carboxylic acids is 1. The molecule has 0 spiro atoms. The topological polar surface area (TPSA) is 53.6 Å². The Morgan fingerprint density at radius 3 is 2.27 bits per heavy atom. The molecular weight excluding hydrogens is 457 g/mol. The van der Waals surface area contributed by atoms with Gasteiger partial charge in [0.05, 0.1) is 12.2 Å². The summed E-state index contributed by atoms with van der Waals surface area (Å²) < 4.78 is 5.94. The Balaban J connectivity index is 1.39. The Labute approximate surface area is 202 Å². The van der Waals surface area contributed by atoms with Crippen LogP contribution in [-0.4, -0.2) is 23.2 Å². The maximum Gasteiger partial charge on any atom is 0.340 e. The highest BCUT2D eigenvalue weighted by molar-refractivity contribution is 6.31. The number of benzene rings is 3. The highest BCUT2D eigenvalue weighted by atomic mass is 35.5. The Hall–Kier alpha value is -3.15. The lowest BCUT2D eigenvalue weighted by molar-refractivity contribution is 0.138. The number of anilines is 1. The first-order chi connectivity index (χ1) is 15.8. The number of nitrogens with one attached hydrogen (secondary N) is 2. The smallest absolute Gasteiger partial charge is 0.340 e. The number of nitrogens with zero attached hydrogens (tertiary/aromatic N) is 1. The van der Waals surface area contributed by atoms with Crippen molar-refractivity contribution in [3.05, 3.63) is 93.5 Å². The van der Waals surface area contributed by atoms with Crippen molar-refractivity contribution in [2.45, 2.75) is 25.9 Å². The summed E-state index contributed by atoms with van der Waals surface area (Å²) in [5.74, 6) is 0.869. The number of amides is 2. The fourth-order valence-electron chi connectivity index (χ4n) is 4.22. The van der Waals surface area contributed by atoms with Crippen molar-refractivity contribution in [2.75, 3.05) is 11.9 Å². The van der Waals surface area contributed by atoms with Crippen LogP contribution in [0.4, 0.5) is 10.5 Å². The third-order valence-corrected chi connectivity index (χ3v) is 6.25. The molecule has 2 aliphatic rings. The van der Waals surface area contributed by atoms with Crippen molar-refractivity contribution >= 4 is 46.2 Å². The fraction of sp³-hybridized carbons (Fsp3) is 0.192. The number of urea groups is 1. The molecule has 2 amide bonds. The monoisotopic (exact) mass is 479 g/mol. The normalized spacial score (nSPS) is 16.3. The fourth-order valence-corrected chi connectivity index (χ4v) is 4.47. The molecule has 3 aromatic carbocycles. The Morgan fingerprint density at radius 1 is 0.970 bits per heavy atom. The van der Waals surface area contributed by atoms with Crippen molar-refractivity contribution < 1.29 is 9.53 Å². The van der Waals surface area contributed by atoms with Crippen LogP contribution in [0.15, 0.2) is 66.7 Å². The first kappa shape index (κ1) is 21.7. The summed E-state index contributed by atoms with van der Waals surface area (Å²) in [4.78, 5) is 13.2. The van der Waals surface area contributed by atoms with Crippen molar-refractivity contribution in [3.63, 3.8) is 0 Å². The number of halogens is 2. The molecule has 7 heteroatoms. The van der Waals surface area contributed by atoms with Crippen LogP contribution < -0.4 is 15.5 Å². The van der Waals surface area contributed by atoms with E-state index in [2.05, 4.69) is 24.6 Å². The average Bonchev–Trinajstić information content (AvgIpc) is 3.34. The van der Waals surface area contributed by atoms with Crippen LogP contribution in [0.2, 0.25) is 10.0 Å². The number of hydrogen-bond acceptors (Lipinski definition) is 3. The molecule has 3 aromatic rings. The molecule has 0 fully saturated rings. The van der Waals surface area contributed by atoms with Gasteiger partial charge >= 0.3 is 6.03 Å². The summed E-state index contributed by atoms with van der Waals surface area (Å²) >= 11 is 12.2. The summed E-state index contributed by atoms with van der Waals surface area (Å²) in [6.45, 7) is 4.51. The lowest BCUT2D eigenvalue weighted by Gasteiger charge is -2.19. The second kappa shape index (κ2) is 8.32. The van der Waals surface area contributed by atoms with E-state index < -0.39 is 0 Å². The van der Waals surface area contributed by atoms with Gasteiger partial charge in [-0.15, -0.1) is 0 Å². The molecule has 0 saturated carbocycles. The number of rotatable bonds is 3. The number of carbonyl (C=O) groups is 1. The quantitative estimate of drug-likeness (QED) is 0.443. The third-order valence-electron chi connectivity index (χ3n) is 5.75. The van der Waals surface area contributed by atoms with E-state index in [1.165, 1.54) is 0 Å². The molecule has 0 aliphatic carbocycles. The zero-order valence-electron chi connectivity index (χ0n) is 18.3. The van der Waals surface area contributed by atoms with Gasteiger partial charge in [-0.05, 0) is 67.4 Å². The second-order valence-electron chi connectivity index (χ2n) is 8.86. The van der Waals surface area contributed by atoms with Crippen molar-refractivity contribution in [2.24, 2.45) is 0 Å². The molecule has 5 nitrogen and oxygen atoms in total. The molecule has 0 saturated heterocycles. The van der Waals surface area contributed by atoms with E-state index in [0.717, 1.165) is 45.8 Å². The highest BCUT2D eigenvalue weighted by Crippen LogP contribution is 2.37. The van der Waals surface area contributed by atoms with Gasteiger partial charge in [-0.2, -0.15) is 0 Å². The second-order valence-corrected chi connectivity index (χ2v) is 9.73. The largest absolute Gasteiger partial charge is 0.487 e. The third kappa shape index (κ3) is 4.52. The average molecular weight is 480 g/mol.